The van der Waals surface area contributed by atoms with Crippen molar-refractivity contribution in [1.82, 2.24) is 0 Å². The van der Waals surface area contributed by atoms with Gasteiger partial charge in [-0.15, -0.1) is 0 Å². The lowest BCUT2D eigenvalue weighted by Crippen LogP contribution is -2.19. The SMILES string of the molecule is CCOC(=O)C(=NOC)c1cccc(Cl)c1. The number of nitrogens with zero attached hydrogens (tertiary/aromatic N) is 1. The molecule has 0 saturated carbocycles. The van der Waals surface area contributed by atoms with Gasteiger partial charge in [0, 0.05) is 10.6 Å². The normalized spacial score (nSPS) is 11.1. The van der Waals surface area contributed by atoms with Crippen molar-refractivity contribution in [2.45, 2.75) is 6.92 Å². The van der Waals surface area contributed by atoms with Gasteiger partial charge in [-0.25, -0.2) is 4.79 Å². The molecule has 0 aromatic heterocycles. The molecule has 4 nitrogen and oxygen atoms in total. The first-order valence-corrected chi connectivity index (χ1v) is 5.11. The fourth-order valence-corrected chi connectivity index (χ4v) is 1.32. The molecular formula is C11H12ClNO3. The van der Waals surface area contributed by atoms with E-state index in [2.05, 4.69) is 9.99 Å². The summed E-state index contributed by atoms with van der Waals surface area (Å²) in [5.74, 6) is -0.536. The maximum absolute atomic E-state index is 11.6. The highest BCUT2D eigenvalue weighted by molar-refractivity contribution is 6.43. The number of esters is 1. The van der Waals surface area contributed by atoms with Gasteiger partial charge in [0.25, 0.3) is 0 Å². The number of benzene rings is 1. The number of hydrogen-bond donors (Lipinski definition) is 0. The van der Waals surface area contributed by atoms with E-state index in [1.54, 1.807) is 31.2 Å². The number of carbonyl (C=O) groups is 1. The lowest BCUT2D eigenvalue weighted by atomic mass is 10.1. The van der Waals surface area contributed by atoms with Crippen molar-refractivity contribution in [1.29, 1.82) is 0 Å². The fourth-order valence-electron chi connectivity index (χ4n) is 1.13. The molecule has 0 saturated heterocycles. The van der Waals surface area contributed by atoms with E-state index in [9.17, 15) is 4.79 Å². The third kappa shape index (κ3) is 3.24. The average molecular weight is 242 g/mol. The number of oxime groups is 1. The van der Waals surface area contributed by atoms with E-state index in [4.69, 9.17) is 16.3 Å². The lowest BCUT2D eigenvalue weighted by molar-refractivity contribution is -0.135. The predicted molar refractivity (Wildman–Crippen MR) is 61.6 cm³/mol. The molecule has 0 aliphatic carbocycles. The Balaban J connectivity index is 3.03. The molecule has 0 unspecified atom stereocenters. The van der Waals surface area contributed by atoms with Crippen molar-refractivity contribution in [2.75, 3.05) is 13.7 Å². The minimum Gasteiger partial charge on any atom is -0.461 e. The Kier molecular flexibility index (Phi) is 4.79. The van der Waals surface area contributed by atoms with E-state index in [-0.39, 0.29) is 12.3 Å². The van der Waals surface area contributed by atoms with Crippen molar-refractivity contribution in [3.05, 3.63) is 34.9 Å². The molecule has 0 heterocycles. The van der Waals surface area contributed by atoms with Gasteiger partial charge in [0.2, 0.25) is 0 Å². The van der Waals surface area contributed by atoms with Crippen LogP contribution in [-0.2, 0) is 14.4 Å². The van der Waals surface area contributed by atoms with E-state index in [0.29, 0.717) is 10.6 Å². The summed E-state index contributed by atoms with van der Waals surface area (Å²) in [6.45, 7) is 2.00. The van der Waals surface area contributed by atoms with Crippen LogP contribution in [0.2, 0.25) is 5.02 Å². The number of carbonyl (C=O) groups excluding carboxylic acids is 1. The van der Waals surface area contributed by atoms with Crippen molar-refractivity contribution in [3.63, 3.8) is 0 Å². The maximum Gasteiger partial charge on any atom is 0.361 e. The third-order valence-corrected chi connectivity index (χ3v) is 1.98. The molecule has 5 heteroatoms. The van der Waals surface area contributed by atoms with E-state index in [1.807, 2.05) is 0 Å². The minimum atomic E-state index is -0.536. The molecule has 0 spiro atoms. The molecule has 0 radical (unpaired) electrons. The van der Waals surface area contributed by atoms with Crippen LogP contribution >= 0.6 is 11.6 Å². The molecule has 16 heavy (non-hydrogen) atoms. The minimum absolute atomic E-state index is 0.104. The molecule has 0 aliphatic rings. The van der Waals surface area contributed by atoms with Gasteiger partial charge in [-0.05, 0) is 19.1 Å². The first-order chi connectivity index (χ1) is 7.69. The largest absolute Gasteiger partial charge is 0.461 e. The lowest BCUT2D eigenvalue weighted by Gasteiger charge is -2.05. The summed E-state index contributed by atoms with van der Waals surface area (Å²) < 4.78 is 4.86. The van der Waals surface area contributed by atoms with Crippen LogP contribution in [0.1, 0.15) is 12.5 Å². The third-order valence-electron chi connectivity index (χ3n) is 1.75. The second-order valence-corrected chi connectivity index (χ2v) is 3.29. The van der Waals surface area contributed by atoms with Crippen LogP contribution in [0.15, 0.2) is 29.4 Å². The molecule has 0 bridgehead atoms. The standard InChI is InChI=1S/C11H12ClNO3/c1-3-16-11(14)10(13-15-2)8-5-4-6-9(12)7-8/h4-7H,3H2,1-2H3. The Morgan fingerprint density at radius 3 is 2.81 bits per heavy atom. The Morgan fingerprint density at radius 1 is 1.50 bits per heavy atom. The molecule has 0 aliphatic heterocycles. The van der Waals surface area contributed by atoms with Crippen LogP contribution in [0.3, 0.4) is 0 Å². The molecule has 0 amide bonds. The second kappa shape index (κ2) is 6.12. The summed E-state index contributed by atoms with van der Waals surface area (Å²) in [7, 11) is 1.36. The zero-order valence-corrected chi connectivity index (χ0v) is 9.82. The molecule has 0 fully saturated rings. The van der Waals surface area contributed by atoms with E-state index in [0.717, 1.165) is 0 Å². The first kappa shape index (κ1) is 12.5. The summed E-state index contributed by atoms with van der Waals surface area (Å²) in [5.41, 5.74) is 0.666. The maximum atomic E-state index is 11.6. The predicted octanol–water partition coefficient (Wildman–Crippen LogP) is 2.25. The van der Waals surface area contributed by atoms with Crippen LogP contribution in [0.4, 0.5) is 0 Å². The van der Waals surface area contributed by atoms with Crippen molar-refractivity contribution in [2.24, 2.45) is 5.16 Å². The molecule has 0 atom stereocenters. The van der Waals surface area contributed by atoms with Gasteiger partial charge in [0.05, 0.1) is 6.61 Å². The summed E-state index contributed by atoms with van der Waals surface area (Å²) >= 11 is 5.82. The topological polar surface area (TPSA) is 47.9 Å². The molecular weight excluding hydrogens is 230 g/mol. The molecule has 0 N–H and O–H groups in total. The van der Waals surface area contributed by atoms with Crippen molar-refractivity contribution >= 4 is 23.3 Å². The number of halogens is 1. The molecule has 1 rings (SSSR count). The van der Waals surface area contributed by atoms with Crippen LogP contribution in [-0.4, -0.2) is 25.4 Å². The quantitative estimate of drug-likeness (QED) is 0.462. The van der Waals surface area contributed by atoms with Gasteiger partial charge in [-0.3, -0.25) is 0 Å². The monoisotopic (exact) mass is 241 g/mol. The highest BCUT2D eigenvalue weighted by Crippen LogP contribution is 2.12. The summed E-state index contributed by atoms with van der Waals surface area (Å²) in [6.07, 6.45) is 0. The van der Waals surface area contributed by atoms with Gasteiger partial charge < -0.3 is 9.57 Å². The van der Waals surface area contributed by atoms with Crippen LogP contribution in [0.5, 0.6) is 0 Å². The second-order valence-electron chi connectivity index (χ2n) is 2.85. The summed E-state index contributed by atoms with van der Waals surface area (Å²) in [4.78, 5) is 16.2. The van der Waals surface area contributed by atoms with Gasteiger partial charge in [-0.1, -0.05) is 28.9 Å². The highest BCUT2D eigenvalue weighted by atomic mass is 35.5. The van der Waals surface area contributed by atoms with Gasteiger partial charge >= 0.3 is 5.97 Å². The average Bonchev–Trinajstić information content (AvgIpc) is 2.26. The Bertz CT molecular complexity index is 404. The molecule has 86 valence electrons. The smallest absolute Gasteiger partial charge is 0.361 e. The van der Waals surface area contributed by atoms with Gasteiger partial charge in [-0.2, -0.15) is 0 Å². The Hall–Kier alpha value is -1.55. The van der Waals surface area contributed by atoms with E-state index < -0.39 is 5.97 Å². The summed E-state index contributed by atoms with van der Waals surface area (Å²) in [6, 6.07) is 6.76. The number of rotatable bonds is 4. The highest BCUT2D eigenvalue weighted by Gasteiger charge is 2.16. The molecule has 1 aromatic carbocycles. The first-order valence-electron chi connectivity index (χ1n) is 4.73. The van der Waals surface area contributed by atoms with Crippen LogP contribution in [0, 0.1) is 0 Å². The Morgan fingerprint density at radius 2 is 2.25 bits per heavy atom. The van der Waals surface area contributed by atoms with Crippen LogP contribution < -0.4 is 0 Å². The Labute approximate surface area is 98.8 Å². The van der Waals surface area contributed by atoms with Crippen LogP contribution in [0.25, 0.3) is 0 Å². The zero-order valence-electron chi connectivity index (χ0n) is 9.07. The van der Waals surface area contributed by atoms with Gasteiger partial charge in [0.1, 0.15) is 7.11 Å². The summed E-state index contributed by atoms with van der Waals surface area (Å²) in [5, 5.41) is 4.16. The van der Waals surface area contributed by atoms with Gasteiger partial charge in [0.15, 0.2) is 5.71 Å². The number of ether oxygens (including phenoxy) is 1. The van der Waals surface area contributed by atoms with Crippen molar-refractivity contribution in [3.8, 4) is 0 Å². The fraction of sp³-hybridized carbons (Fsp3) is 0.273. The van der Waals surface area contributed by atoms with E-state index >= 15 is 0 Å². The zero-order chi connectivity index (χ0) is 12.0. The van der Waals surface area contributed by atoms with E-state index in [1.165, 1.54) is 7.11 Å². The number of hydrogen-bond acceptors (Lipinski definition) is 4. The van der Waals surface area contributed by atoms with Crippen molar-refractivity contribution < 1.29 is 14.4 Å². The molecule has 1 aromatic rings.